The molecule has 0 saturated heterocycles. The molecule has 2 N–H and O–H groups in total. The summed E-state index contributed by atoms with van der Waals surface area (Å²) >= 11 is 6.91. The normalized spacial score (nSPS) is 13.6. The van der Waals surface area contributed by atoms with Crippen LogP contribution in [0, 0.1) is 0 Å². The van der Waals surface area contributed by atoms with Crippen LogP contribution in [0.15, 0.2) is 16.3 Å². The van der Waals surface area contributed by atoms with E-state index in [1.54, 1.807) is 11.4 Å². The van der Waals surface area contributed by atoms with Gasteiger partial charge in [0.15, 0.2) is 0 Å². The topological polar surface area (TPSA) is 43.1 Å². The number of nitrogens with two attached hydrogens (primary N) is 1. The molecule has 5 heteroatoms. The van der Waals surface area contributed by atoms with Crippen LogP contribution in [0.2, 0.25) is 4.34 Å². The molecule has 0 aliphatic carbocycles. The van der Waals surface area contributed by atoms with Crippen LogP contribution in [0.4, 0.5) is 0 Å². The zero-order valence-corrected chi connectivity index (χ0v) is 6.72. The summed E-state index contributed by atoms with van der Waals surface area (Å²) in [5.74, 6) is 0. The zero-order chi connectivity index (χ0) is 6.85. The van der Waals surface area contributed by atoms with Crippen LogP contribution < -0.4 is 5.14 Å². The van der Waals surface area contributed by atoms with E-state index in [-0.39, 0.29) is 0 Å². The number of halogens is 1. The lowest BCUT2D eigenvalue weighted by Crippen LogP contribution is -2.00. The summed E-state index contributed by atoms with van der Waals surface area (Å²) < 4.78 is 11.0. The van der Waals surface area contributed by atoms with Crippen molar-refractivity contribution in [3.63, 3.8) is 0 Å². The Labute approximate surface area is 64.2 Å². The van der Waals surface area contributed by atoms with Gasteiger partial charge in [-0.2, -0.15) is 0 Å². The molecular formula is C4H4ClNOS2. The molecule has 1 aromatic rings. The Morgan fingerprint density at radius 1 is 1.78 bits per heavy atom. The fourth-order valence-electron chi connectivity index (χ4n) is 0.425. The Balaban J connectivity index is 3.08. The highest BCUT2D eigenvalue weighted by Crippen LogP contribution is 2.23. The molecule has 1 unspecified atom stereocenters. The Kier molecular flexibility index (Phi) is 2.23. The first kappa shape index (κ1) is 7.21. The predicted molar refractivity (Wildman–Crippen MR) is 39.9 cm³/mol. The van der Waals surface area contributed by atoms with Gasteiger partial charge < -0.3 is 0 Å². The quantitative estimate of drug-likeness (QED) is 0.699. The van der Waals surface area contributed by atoms with Crippen molar-refractivity contribution in [1.29, 1.82) is 0 Å². The second-order valence-electron chi connectivity index (χ2n) is 1.36. The van der Waals surface area contributed by atoms with Crippen LogP contribution >= 0.6 is 22.9 Å². The Morgan fingerprint density at radius 3 is 2.67 bits per heavy atom. The van der Waals surface area contributed by atoms with Crippen molar-refractivity contribution in [2.45, 2.75) is 4.90 Å². The van der Waals surface area contributed by atoms with Crippen LogP contribution in [0.1, 0.15) is 0 Å². The van der Waals surface area contributed by atoms with Crippen molar-refractivity contribution in [3.05, 3.63) is 15.8 Å². The number of thiophene rings is 1. The Hall–Kier alpha value is 0.1000. The second kappa shape index (κ2) is 2.79. The molecule has 0 aliphatic heterocycles. The molecule has 1 atom stereocenters. The van der Waals surface area contributed by atoms with E-state index in [4.69, 9.17) is 16.7 Å². The van der Waals surface area contributed by atoms with E-state index in [9.17, 15) is 4.21 Å². The molecule has 1 rings (SSSR count). The Bertz CT molecular complexity index is 234. The molecule has 0 saturated carbocycles. The average molecular weight is 182 g/mol. The summed E-state index contributed by atoms with van der Waals surface area (Å²) in [4.78, 5) is 0.515. The summed E-state index contributed by atoms with van der Waals surface area (Å²) in [6.07, 6.45) is 0. The molecule has 0 aliphatic rings. The third-order valence-corrected chi connectivity index (χ3v) is 2.99. The lowest BCUT2D eigenvalue weighted by molar-refractivity contribution is 0.684. The molecule has 0 spiro atoms. The van der Waals surface area contributed by atoms with Gasteiger partial charge in [0.25, 0.3) is 0 Å². The van der Waals surface area contributed by atoms with Gasteiger partial charge in [-0.1, -0.05) is 11.6 Å². The van der Waals surface area contributed by atoms with Gasteiger partial charge in [-0.3, -0.25) is 0 Å². The van der Waals surface area contributed by atoms with Gasteiger partial charge in [-0.15, -0.1) is 11.3 Å². The fourth-order valence-corrected chi connectivity index (χ4v) is 2.22. The summed E-state index contributed by atoms with van der Waals surface area (Å²) in [5, 5.41) is 6.81. The number of rotatable bonds is 1. The summed E-state index contributed by atoms with van der Waals surface area (Å²) in [6.45, 7) is 0. The lowest BCUT2D eigenvalue weighted by atomic mass is 10.7. The minimum Gasteiger partial charge on any atom is -0.248 e. The van der Waals surface area contributed by atoms with E-state index in [1.807, 2.05) is 0 Å². The van der Waals surface area contributed by atoms with Crippen LogP contribution in [0.5, 0.6) is 0 Å². The fraction of sp³-hybridized carbons (Fsp3) is 0. The first-order valence-corrected chi connectivity index (χ1v) is 4.58. The van der Waals surface area contributed by atoms with Crippen molar-refractivity contribution in [2.24, 2.45) is 5.14 Å². The zero-order valence-electron chi connectivity index (χ0n) is 4.33. The van der Waals surface area contributed by atoms with Crippen molar-refractivity contribution in [2.75, 3.05) is 0 Å². The highest BCUT2D eigenvalue weighted by atomic mass is 35.5. The minimum absolute atomic E-state index is 0.510. The van der Waals surface area contributed by atoms with E-state index >= 15 is 0 Å². The molecule has 1 heterocycles. The third kappa shape index (κ3) is 1.52. The minimum atomic E-state index is -1.43. The maximum Gasteiger partial charge on any atom is 0.124 e. The first-order chi connectivity index (χ1) is 4.22. The van der Waals surface area contributed by atoms with Crippen molar-refractivity contribution < 1.29 is 4.21 Å². The predicted octanol–water partition coefficient (Wildman–Crippen LogP) is 1.38. The molecular weight excluding hydrogens is 178 g/mol. The smallest absolute Gasteiger partial charge is 0.124 e. The van der Waals surface area contributed by atoms with Crippen LogP contribution in [0.25, 0.3) is 0 Å². The molecule has 0 radical (unpaired) electrons. The van der Waals surface area contributed by atoms with Crippen molar-refractivity contribution in [3.8, 4) is 0 Å². The highest BCUT2D eigenvalue weighted by molar-refractivity contribution is 7.83. The average Bonchev–Trinajstić information content (AvgIpc) is 2.13. The number of hydrogen-bond acceptors (Lipinski definition) is 2. The SMILES string of the molecule is NS(=O)c1ccsc1Cl. The van der Waals surface area contributed by atoms with Crippen LogP contribution in [-0.2, 0) is 11.0 Å². The van der Waals surface area contributed by atoms with Gasteiger partial charge in [-0.05, 0) is 11.4 Å². The van der Waals surface area contributed by atoms with Gasteiger partial charge in [0, 0.05) is 0 Å². The van der Waals surface area contributed by atoms with E-state index < -0.39 is 11.0 Å². The standard InChI is InChI=1S/C4H4ClNOS2/c5-4-3(9(6)7)1-2-8-4/h1-2H,6H2. The van der Waals surface area contributed by atoms with Crippen LogP contribution in [-0.4, -0.2) is 4.21 Å². The number of hydrogen-bond donors (Lipinski definition) is 1. The molecule has 2 nitrogen and oxygen atoms in total. The summed E-state index contributed by atoms with van der Waals surface area (Å²) in [5.41, 5.74) is 0. The van der Waals surface area contributed by atoms with Gasteiger partial charge >= 0.3 is 0 Å². The molecule has 0 fully saturated rings. The van der Waals surface area contributed by atoms with Crippen LogP contribution in [0.3, 0.4) is 0 Å². The highest BCUT2D eigenvalue weighted by Gasteiger charge is 2.03. The van der Waals surface area contributed by atoms with Gasteiger partial charge in [0.05, 0.1) is 4.90 Å². The second-order valence-corrected chi connectivity index (χ2v) is 3.91. The molecule has 50 valence electrons. The van der Waals surface area contributed by atoms with E-state index in [1.165, 1.54) is 11.3 Å². The van der Waals surface area contributed by atoms with E-state index in [0.29, 0.717) is 9.23 Å². The molecule has 9 heavy (non-hydrogen) atoms. The largest absolute Gasteiger partial charge is 0.248 e. The monoisotopic (exact) mass is 181 g/mol. The molecule has 0 amide bonds. The maximum absolute atomic E-state index is 10.5. The van der Waals surface area contributed by atoms with E-state index in [0.717, 1.165) is 0 Å². The molecule has 0 aromatic carbocycles. The van der Waals surface area contributed by atoms with Gasteiger partial charge in [0.1, 0.15) is 15.3 Å². The van der Waals surface area contributed by atoms with Gasteiger partial charge in [0.2, 0.25) is 0 Å². The lowest BCUT2D eigenvalue weighted by Gasteiger charge is -1.86. The summed E-state index contributed by atoms with van der Waals surface area (Å²) in [6, 6.07) is 1.66. The molecule has 1 aromatic heterocycles. The molecule has 0 bridgehead atoms. The Morgan fingerprint density at radius 2 is 2.44 bits per heavy atom. The van der Waals surface area contributed by atoms with Gasteiger partial charge in [-0.25, -0.2) is 9.35 Å². The third-order valence-electron chi connectivity index (χ3n) is 0.801. The van der Waals surface area contributed by atoms with E-state index in [2.05, 4.69) is 0 Å². The van der Waals surface area contributed by atoms with Crippen molar-refractivity contribution in [1.82, 2.24) is 0 Å². The summed E-state index contributed by atoms with van der Waals surface area (Å²) in [7, 11) is -1.43. The van der Waals surface area contributed by atoms with Crippen molar-refractivity contribution >= 4 is 33.9 Å². The first-order valence-electron chi connectivity index (χ1n) is 2.11. The maximum atomic E-state index is 10.5.